The monoisotopic (exact) mass is 652 g/mol. The summed E-state index contributed by atoms with van der Waals surface area (Å²) < 4.78 is 25.0. The number of rotatable bonds is 6. The Bertz CT molecular complexity index is 1220. The molecule has 1 aliphatic carbocycles. The Kier molecular flexibility index (Phi) is 9.42. The van der Waals surface area contributed by atoms with Gasteiger partial charge >= 0.3 is 11.9 Å². The molecule has 1 N–H and O–H groups in total. The lowest BCUT2D eigenvalue weighted by Gasteiger charge is -2.26. The van der Waals surface area contributed by atoms with Gasteiger partial charge in [-0.15, -0.1) is 0 Å². The number of esters is 2. The van der Waals surface area contributed by atoms with Crippen LogP contribution in [0.3, 0.4) is 0 Å². The van der Waals surface area contributed by atoms with Gasteiger partial charge in [-0.05, 0) is 81.7 Å². The van der Waals surface area contributed by atoms with E-state index in [-0.39, 0.29) is 53.0 Å². The largest absolute Gasteiger partial charge is 0.495 e. The number of fused-ring (bicyclic) bond motifs is 2. The van der Waals surface area contributed by atoms with Crippen LogP contribution in [0.1, 0.15) is 91.9 Å². The minimum absolute atomic E-state index is 0.0762. The van der Waals surface area contributed by atoms with Gasteiger partial charge in [0.25, 0.3) is 0 Å². The highest BCUT2D eigenvalue weighted by Gasteiger charge is 2.34. The molecule has 206 valence electrons. The number of cyclic esters (lactones) is 1. The minimum Gasteiger partial charge on any atom is -0.495 e. The fraction of sp³-hybridized carbons (Fsp3) is 0.517. The molecule has 38 heavy (non-hydrogen) atoms. The van der Waals surface area contributed by atoms with Crippen LogP contribution >= 0.6 is 31.9 Å². The van der Waals surface area contributed by atoms with Crippen LogP contribution in [0.2, 0.25) is 0 Å². The average Bonchev–Trinajstić information content (AvgIpc) is 3.17. The van der Waals surface area contributed by atoms with E-state index in [0.717, 1.165) is 44.1 Å². The fourth-order valence-corrected chi connectivity index (χ4v) is 6.31. The smallest absolute Gasteiger partial charge is 0.346 e. The second kappa shape index (κ2) is 12.4. The van der Waals surface area contributed by atoms with Crippen molar-refractivity contribution in [3.05, 3.63) is 43.3 Å². The first-order valence-electron chi connectivity index (χ1n) is 13.1. The lowest BCUT2D eigenvalue weighted by molar-refractivity contribution is -0.139. The summed E-state index contributed by atoms with van der Waals surface area (Å²) in [6.45, 7) is 5.77. The third-order valence-electron chi connectivity index (χ3n) is 7.17. The Morgan fingerprint density at radius 2 is 1.79 bits per heavy atom. The van der Waals surface area contributed by atoms with Crippen molar-refractivity contribution in [2.75, 3.05) is 7.11 Å². The maximum atomic E-state index is 13.3. The van der Waals surface area contributed by atoms with Gasteiger partial charge in [-0.1, -0.05) is 39.5 Å². The van der Waals surface area contributed by atoms with E-state index in [1.807, 2.05) is 20.8 Å². The molecular formula is C29H34Br2O7. The van der Waals surface area contributed by atoms with Crippen LogP contribution in [-0.4, -0.2) is 24.2 Å². The van der Waals surface area contributed by atoms with Crippen molar-refractivity contribution in [1.82, 2.24) is 0 Å². The van der Waals surface area contributed by atoms with Crippen LogP contribution in [0.15, 0.2) is 21.1 Å². The van der Waals surface area contributed by atoms with Crippen molar-refractivity contribution in [2.24, 2.45) is 11.8 Å². The predicted octanol–water partition coefficient (Wildman–Crippen LogP) is 7.95. The van der Waals surface area contributed by atoms with Gasteiger partial charge in [-0.25, -0.2) is 4.79 Å². The molecule has 0 bridgehead atoms. The quantitative estimate of drug-likeness (QED) is 0.192. The number of aliphatic hydroxyl groups is 1. The first kappa shape index (κ1) is 28.9. The first-order valence-corrected chi connectivity index (χ1v) is 14.7. The van der Waals surface area contributed by atoms with Crippen molar-refractivity contribution in [3.8, 4) is 23.0 Å². The summed E-state index contributed by atoms with van der Waals surface area (Å²) in [5, 5.41) is 10.8. The van der Waals surface area contributed by atoms with E-state index in [0.29, 0.717) is 26.5 Å². The Labute approximate surface area is 240 Å². The number of ether oxygens (including phenoxy) is 4. The number of hydrogen-bond acceptors (Lipinski definition) is 7. The van der Waals surface area contributed by atoms with Crippen LogP contribution < -0.4 is 14.2 Å². The standard InChI is InChI=1S/C29H34Br2O7/c1-15(2)13-20(32)18-11-12-21-22(25(18)35-4)29(34)36-14-19-23(30)16(3)24(31)27(26(19)37-21)38-28(33)17-9-7-5-6-8-10-17/h11-12,15,17,20,32H,5-10,13-14H2,1-4H3/t20-/m0/s1. The molecule has 1 fully saturated rings. The molecule has 0 amide bonds. The molecule has 9 heteroatoms. The van der Waals surface area contributed by atoms with E-state index in [1.165, 1.54) is 7.11 Å². The number of aliphatic hydroxyl groups excluding tert-OH is 1. The third-order valence-corrected chi connectivity index (χ3v) is 9.19. The molecule has 2 aromatic rings. The minimum atomic E-state index is -0.831. The molecule has 0 radical (unpaired) electrons. The number of halogens is 2. The van der Waals surface area contributed by atoms with Gasteiger partial charge in [-0.2, -0.15) is 0 Å². The maximum Gasteiger partial charge on any atom is 0.346 e. The zero-order chi connectivity index (χ0) is 27.6. The summed E-state index contributed by atoms with van der Waals surface area (Å²) >= 11 is 7.21. The SMILES string of the molecule is COc1c([C@@H](O)CC(C)C)ccc2c1C(=O)OCc1c(Br)c(C)c(Br)c(OC(=O)C3CCCCCC3)c1O2. The van der Waals surface area contributed by atoms with Crippen LogP contribution in [0.25, 0.3) is 0 Å². The van der Waals surface area contributed by atoms with Gasteiger partial charge in [-0.3, -0.25) is 4.79 Å². The number of carbonyl (C=O) groups excluding carboxylic acids is 2. The molecule has 0 unspecified atom stereocenters. The molecule has 1 aliphatic heterocycles. The highest BCUT2D eigenvalue weighted by Crippen LogP contribution is 2.50. The lowest BCUT2D eigenvalue weighted by atomic mass is 9.96. The number of benzene rings is 2. The molecule has 0 saturated heterocycles. The zero-order valence-electron chi connectivity index (χ0n) is 22.2. The lowest BCUT2D eigenvalue weighted by Crippen LogP contribution is -2.21. The van der Waals surface area contributed by atoms with E-state index >= 15 is 0 Å². The highest BCUT2D eigenvalue weighted by atomic mass is 79.9. The fourth-order valence-electron chi connectivity index (χ4n) is 5.09. The highest BCUT2D eigenvalue weighted by molar-refractivity contribution is 9.11. The van der Waals surface area contributed by atoms with Gasteiger partial charge in [0, 0.05) is 10.0 Å². The second-order valence-corrected chi connectivity index (χ2v) is 12.0. The Morgan fingerprint density at radius 1 is 1.11 bits per heavy atom. The second-order valence-electron chi connectivity index (χ2n) is 10.4. The normalized spacial score (nSPS) is 16.8. The summed E-state index contributed by atoms with van der Waals surface area (Å²) in [7, 11) is 1.44. The predicted molar refractivity (Wildman–Crippen MR) is 150 cm³/mol. The molecule has 7 nitrogen and oxygen atoms in total. The number of carbonyl (C=O) groups is 2. The van der Waals surface area contributed by atoms with Crippen molar-refractivity contribution in [1.29, 1.82) is 0 Å². The van der Waals surface area contributed by atoms with Gasteiger partial charge in [0.05, 0.1) is 29.2 Å². The summed E-state index contributed by atoms with van der Waals surface area (Å²) in [6, 6.07) is 3.31. The molecule has 2 aliphatic rings. The molecule has 0 spiro atoms. The topological polar surface area (TPSA) is 91.3 Å². The van der Waals surface area contributed by atoms with Crippen LogP contribution in [0, 0.1) is 18.8 Å². The van der Waals surface area contributed by atoms with Gasteiger partial charge in [0.15, 0.2) is 11.5 Å². The summed E-state index contributed by atoms with van der Waals surface area (Å²) in [5.74, 6) is 0.0521. The number of hydrogen-bond donors (Lipinski definition) is 1. The Morgan fingerprint density at radius 3 is 2.42 bits per heavy atom. The van der Waals surface area contributed by atoms with Crippen molar-refractivity contribution < 1.29 is 33.6 Å². The molecule has 0 aromatic heterocycles. The van der Waals surface area contributed by atoms with E-state index in [1.54, 1.807) is 12.1 Å². The third kappa shape index (κ3) is 5.89. The molecule has 1 saturated carbocycles. The molecule has 4 rings (SSSR count). The van der Waals surface area contributed by atoms with Crippen LogP contribution in [0.5, 0.6) is 23.0 Å². The van der Waals surface area contributed by atoms with Gasteiger partial charge in [0.2, 0.25) is 0 Å². The molecule has 1 atom stereocenters. The first-order chi connectivity index (χ1) is 18.1. The average molecular weight is 654 g/mol. The van der Waals surface area contributed by atoms with Crippen molar-refractivity contribution >= 4 is 43.8 Å². The van der Waals surface area contributed by atoms with E-state index in [9.17, 15) is 14.7 Å². The molecule has 1 heterocycles. The van der Waals surface area contributed by atoms with Crippen LogP contribution in [0.4, 0.5) is 0 Å². The Hall–Kier alpha value is -2.10. The van der Waals surface area contributed by atoms with E-state index in [2.05, 4.69) is 31.9 Å². The van der Waals surface area contributed by atoms with E-state index in [4.69, 9.17) is 18.9 Å². The molecular weight excluding hydrogens is 620 g/mol. The van der Waals surface area contributed by atoms with Crippen molar-refractivity contribution in [3.63, 3.8) is 0 Å². The summed E-state index contributed by atoms with van der Waals surface area (Å²) in [4.78, 5) is 26.5. The maximum absolute atomic E-state index is 13.3. The molecule has 2 aromatic carbocycles. The van der Waals surface area contributed by atoms with Crippen LogP contribution in [-0.2, 0) is 16.1 Å². The van der Waals surface area contributed by atoms with Gasteiger partial charge in [0.1, 0.15) is 23.7 Å². The Balaban J connectivity index is 1.81. The zero-order valence-corrected chi connectivity index (χ0v) is 25.4. The van der Waals surface area contributed by atoms with E-state index < -0.39 is 12.1 Å². The van der Waals surface area contributed by atoms with Gasteiger partial charge < -0.3 is 24.1 Å². The summed E-state index contributed by atoms with van der Waals surface area (Å²) in [6.07, 6.45) is 5.52. The van der Waals surface area contributed by atoms with Crippen molar-refractivity contribution in [2.45, 2.75) is 78.4 Å². The number of methoxy groups -OCH3 is 1. The summed E-state index contributed by atoms with van der Waals surface area (Å²) in [5.41, 5.74) is 1.90.